The van der Waals surface area contributed by atoms with E-state index in [9.17, 15) is 14.9 Å². The number of nitrogens with zero attached hydrogens (tertiary/aromatic N) is 5. The van der Waals surface area contributed by atoms with Gasteiger partial charge in [0.05, 0.1) is 34.4 Å². The van der Waals surface area contributed by atoms with E-state index >= 15 is 0 Å². The van der Waals surface area contributed by atoms with Gasteiger partial charge in [-0.05, 0) is 36.2 Å². The zero-order valence-electron chi connectivity index (χ0n) is 15.6. The molecule has 0 spiro atoms. The summed E-state index contributed by atoms with van der Waals surface area (Å²) in [6, 6.07) is 10.4. The summed E-state index contributed by atoms with van der Waals surface area (Å²) >= 11 is 1.26. The van der Waals surface area contributed by atoms with Crippen LogP contribution in [-0.2, 0) is 16.0 Å². The van der Waals surface area contributed by atoms with Crippen LogP contribution in [0.2, 0.25) is 0 Å². The molecule has 0 atom stereocenters. The number of nitro benzene ring substituents is 1. The quantitative estimate of drug-likeness (QED) is 0.255. The Morgan fingerprint density at radius 2 is 2.17 bits per heavy atom. The molecule has 29 heavy (non-hydrogen) atoms. The molecular formula is C19H17N5O4S. The smallest absolute Gasteiger partial charge is 0.307 e. The minimum Gasteiger partial charge on any atom is -0.469 e. The van der Waals surface area contributed by atoms with E-state index in [-0.39, 0.29) is 11.7 Å². The average Bonchev–Trinajstić information content (AvgIpc) is 3.32. The number of esters is 1. The van der Waals surface area contributed by atoms with Gasteiger partial charge in [-0.25, -0.2) is 4.98 Å². The van der Waals surface area contributed by atoms with E-state index in [1.807, 2.05) is 18.2 Å². The number of carbonyl (C=O) groups is 1. The number of nitro groups is 1. The molecule has 2 aromatic carbocycles. The molecule has 0 bridgehead atoms. The number of azo groups is 1. The van der Waals surface area contributed by atoms with Crippen molar-refractivity contribution in [3.8, 4) is 0 Å². The van der Waals surface area contributed by atoms with E-state index in [4.69, 9.17) is 4.74 Å². The molecule has 10 heteroatoms. The third-order valence-corrected chi connectivity index (χ3v) is 5.59. The lowest BCUT2D eigenvalue weighted by molar-refractivity contribution is -0.384. The average molecular weight is 411 g/mol. The number of hydrogen-bond acceptors (Lipinski definition) is 9. The third kappa shape index (κ3) is 4.06. The molecule has 0 saturated heterocycles. The molecule has 0 fully saturated rings. The molecule has 9 nitrogen and oxygen atoms in total. The Bertz CT molecular complexity index is 1130. The number of methoxy groups -OCH3 is 1. The van der Waals surface area contributed by atoms with Gasteiger partial charge in [0.1, 0.15) is 0 Å². The lowest BCUT2D eigenvalue weighted by atomic mass is 10.1. The molecule has 0 N–H and O–H groups in total. The number of ether oxygens (including phenoxy) is 1. The maximum atomic E-state index is 11.4. The van der Waals surface area contributed by atoms with Gasteiger partial charge < -0.3 is 9.64 Å². The van der Waals surface area contributed by atoms with Gasteiger partial charge in [-0.2, -0.15) is 0 Å². The number of non-ortho nitro benzene ring substituents is 1. The molecule has 0 radical (unpaired) electrons. The maximum absolute atomic E-state index is 11.4. The fourth-order valence-corrected chi connectivity index (χ4v) is 4.06. The van der Waals surface area contributed by atoms with Crippen LogP contribution in [0.1, 0.15) is 12.0 Å². The van der Waals surface area contributed by atoms with Gasteiger partial charge in [0.15, 0.2) is 0 Å². The molecule has 148 valence electrons. The first-order chi connectivity index (χ1) is 14.0. The van der Waals surface area contributed by atoms with Crippen molar-refractivity contribution < 1.29 is 14.5 Å². The Labute approximate surface area is 169 Å². The van der Waals surface area contributed by atoms with Crippen molar-refractivity contribution in [1.29, 1.82) is 0 Å². The van der Waals surface area contributed by atoms with E-state index in [0.717, 1.165) is 24.2 Å². The summed E-state index contributed by atoms with van der Waals surface area (Å²) in [6.45, 7) is 1.47. The van der Waals surface area contributed by atoms with Crippen molar-refractivity contribution in [1.82, 2.24) is 4.98 Å². The number of thiazole rings is 1. The molecule has 0 amide bonds. The lowest BCUT2D eigenvalue weighted by Gasteiger charge is -2.18. The molecular weight excluding hydrogens is 394 g/mol. The Morgan fingerprint density at radius 3 is 2.97 bits per heavy atom. The fraction of sp³-hybridized carbons (Fsp3) is 0.263. The van der Waals surface area contributed by atoms with Crippen LogP contribution in [0.5, 0.6) is 0 Å². The summed E-state index contributed by atoms with van der Waals surface area (Å²) in [6.07, 6.45) is 1.23. The Morgan fingerprint density at radius 1 is 1.31 bits per heavy atom. The maximum Gasteiger partial charge on any atom is 0.307 e. The molecule has 0 saturated carbocycles. The van der Waals surface area contributed by atoms with Crippen molar-refractivity contribution in [3.05, 3.63) is 52.1 Å². The summed E-state index contributed by atoms with van der Waals surface area (Å²) in [4.78, 5) is 28.3. The number of fused-ring (bicyclic) bond motifs is 2. The second-order valence-corrected chi connectivity index (χ2v) is 7.49. The van der Waals surface area contributed by atoms with Crippen molar-refractivity contribution in [2.75, 3.05) is 25.1 Å². The van der Waals surface area contributed by atoms with Gasteiger partial charge in [-0.1, -0.05) is 11.3 Å². The highest BCUT2D eigenvalue weighted by Gasteiger charge is 2.20. The number of aromatic nitrogens is 1. The van der Waals surface area contributed by atoms with Gasteiger partial charge in [0.25, 0.3) is 5.69 Å². The highest BCUT2D eigenvalue weighted by molar-refractivity contribution is 7.21. The largest absolute Gasteiger partial charge is 0.469 e. The Balaban J connectivity index is 1.49. The highest BCUT2D eigenvalue weighted by Crippen LogP contribution is 2.34. The van der Waals surface area contributed by atoms with Gasteiger partial charge in [0, 0.05) is 30.9 Å². The molecule has 1 aliphatic heterocycles. The van der Waals surface area contributed by atoms with E-state index in [0.29, 0.717) is 34.0 Å². The first-order valence-corrected chi connectivity index (χ1v) is 9.76. The predicted molar refractivity (Wildman–Crippen MR) is 109 cm³/mol. The first-order valence-electron chi connectivity index (χ1n) is 8.95. The SMILES string of the molecule is COC(=O)CCN1CCc2cc(N=Nc3nc4ccc([N+](=O)[O-])cc4s3)ccc21. The molecule has 4 rings (SSSR count). The number of rotatable bonds is 6. The fourth-order valence-electron chi connectivity index (χ4n) is 3.24. The van der Waals surface area contributed by atoms with Crippen LogP contribution in [-0.4, -0.2) is 36.1 Å². The number of carbonyl (C=O) groups excluding carboxylic acids is 1. The van der Waals surface area contributed by atoms with Crippen molar-refractivity contribution in [3.63, 3.8) is 0 Å². The summed E-state index contributed by atoms with van der Waals surface area (Å²) in [7, 11) is 1.39. The standard InChI is InChI=1S/C19H17N5O4S/c1-28-18(25)7-9-23-8-6-12-10-13(2-5-16(12)23)21-22-19-20-15-4-3-14(24(26)27)11-17(15)29-19/h2-5,10-11H,6-9H2,1H3. The summed E-state index contributed by atoms with van der Waals surface area (Å²) in [5, 5.41) is 19.8. The van der Waals surface area contributed by atoms with Gasteiger partial charge in [0.2, 0.25) is 5.13 Å². The zero-order chi connectivity index (χ0) is 20.4. The minimum absolute atomic E-state index is 0.0278. The normalized spacial score (nSPS) is 13.2. The number of hydrogen-bond donors (Lipinski definition) is 0. The molecule has 1 aromatic heterocycles. The highest BCUT2D eigenvalue weighted by atomic mass is 32.1. The second-order valence-electron chi connectivity index (χ2n) is 6.48. The molecule has 0 unspecified atom stereocenters. The zero-order valence-corrected chi connectivity index (χ0v) is 16.4. The third-order valence-electron chi connectivity index (χ3n) is 4.69. The Hall–Kier alpha value is -3.40. The lowest BCUT2D eigenvalue weighted by Crippen LogP contribution is -2.24. The van der Waals surface area contributed by atoms with Crippen LogP contribution in [0.15, 0.2) is 46.6 Å². The van der Waals surface area contributed by atoms with E-state index in [2.05, 4.69) is 20.1 Å². The molecule has 2 heterocycles. The van der Waals surface area contributed by atoms with Gasteiger partial charge in [-0.15, -0.1) is 10.2 Å². The van der Waals surface area contributed by atoms with Crippen LogP contribution in [0.25, 0.3) is 10.2 Å². The van der Waals surface area contributed by atoms with Crippen molar-refractivity contribution in [2.45, 2.75) is 12.8 Å². The van der Waals surface area contributed by atoms with E-state index < -0.39 is 4.92 Å². The number of anilines is 1. The van der Waals surface area contributed by atoms with Gasteiger partial charge >= 0.3 is 5.97 Å². The molecule has 1 aliphatic rings. The second kappa shape index (κ2) is 7.92. The van der Waals surface area contributed by atoms with E-state index in [1.54, 1.807) is 6.07 Å². The Kier molecular flexibility index (Phi) is 5.17. The van der Waals surface area contributed by atoms with Crippen molar-refractivity contribution >= 4 is 49.7 Å². The molecule has 0 aliphatic carbocycles. The van der Waals surface area contributed by atoms with Crippen molar-refractivity contribution in [2.24, 2.45) is 10.2 Å². The van der Waals surface area contributed by atoms with Crippen LogP contribution in [0.3, 0.4) is 0 Å². The predicted octanol–water partition coefficient (Wildman–Crippen LogP) is 4.55. The first kappa shape index (κ1) is 18.9. The van der Waals surface area contributed by atoms with Crippen LogP contribution in [0.4, 0.5) is 22.2 Å². The minimum atomic E-state index is -0.431. The van der Waals surface area contributed by atoms with Gasteiger partial charge in [-0.3, -0.25) is 14.9 Å². The topological polar surface area (TPSA) is 110 Å². The monoisotopic (exact) mass is 411 g/mol. The summed E-state index contributed by atoms with van der Waals surface area (Å²) < 4.78 is 5.40. The summed E-state index contributed by atoms with van der Waals surface area (Å²) in [5.41, 5.74) is 3.65. The van der Waals surface area contributed by atoms with Crippen LogP contribution in [0, 0.1) is 10.1 Å². The van der Waals surface area contributed by atoms with Crippen LogP contribution < -0.4 is 4.90 Å². The number of benzene rings is 2. The van der Waals surface area contributed by atoms with E-state index in [1.165, 1.54) is 30.6 Å². The summed E-state index contributed by atoms with van der Waals surface area (Å²) in [5.74, 6) is -0.218. The molecule has 3 aromatic rings. The van der Waals surface area contributed by atoms with Crippen LogP contribution >= 0.6 is 11.3 Å².